The molecule has 1 N–H and O–H groups in total. The van der Waals surface area contributed by atoms with E-state index in [0.29, 0.717) is 0 Å². The van der Waals surface area contributed by atoms with Crippen LogP contribution in [0.4, 0.5) is 9.52 Å². The first-order valence-corrected chi connectivity index (χ1v) is 7.93. The van der Waals surface area contributed by atoms with Crippen molar-refractivity contribution in [2.24, 2.45) is 0 Å². The first-order valence-electron chi connectivity index (χ1n) is 7.16. The molecule has 0 bridgehead atoms. The van der Waals surface area contributed by atoms with Crippen LogP contribution in [-0.4, -0.2) is 9.36 Å². The van der Waals surface area contributed by atoms with Gasteiger partial charge in [0.15, 0.2) is 0 Å². The van der Waals surface area contributed by atoms with Crippen LogP contribution in [0.25, 0.3) is 0 Å². The summed E-state index contributed by atoms with van der Waals surface area (Å²) >= 11 is 1.33. The van der Waals surface area contributed by atoms with Crippen molar-refractivity contribution in [3.63, 3.8) is 0 Å². The van der Waals surface area contributed by atoms with Crippen molar-refractivity contribution in [2.45, 2.75) is 19.4 Å². The van der Waals surface area contributed by atoms with Crippen LogP contribution in [0.5, 0.6) is 0 Å². The van der Waals surface area contributed by atoms with Gasteiger partial charge in [0.25, 0.3) is 0 Å². The Kier molecular flexibility index (Phi) is 4.44. The van der Waals surface area contributed by atoms with Crippen LogP contribution >= 0.6 is 11.5 Å². The van der Waals surface area contributed by atoms with Gasteiger partial charge in [-0.25, -0.2) is 9.37 Å². The summed E-state index contributed by atoms with van der Waals surface area (Å²) in [5.74, 6) is 0.574. The van der Waals surface area contributed by atoms with Gasteiger partial charge < -0.3 is 5.32 Å². The van der Waals surface area contributed by atoms with Crippen LogP contribution in [0, 0.1) is 5.82 Å². The Hall–Kier alpha value is -2.27. The predicted molar refractivity (Wildman–Crippen MR) is 87.6 cm³/mol. The summed E-state index contributed by atoms with van der Waals surface area (Å²) in [6.07, 6.45) is 0.800. The van der Waals surface area contributed by atoms with E-state index in [1.54, 1.807) is 12.1 Å². The maximum Gasteiger partial charge on any atom is 0.203 e. The Morgan fingerprint density at radius 1 is 1.09 bits per heavy atom. The fourth-order valence-electron chi connectivity index (χ4n) is 2.27. The number of halogens is 1. The Morgan fingerprint density at radius 3 is 2.55 bits per heavy atom. The van der Waals surface area contributed by atoms with E-state index < -0.39 is 0 Å². The van der Waals surface area contributed by atoms with Gasteiger partial charge in [-0.1, -0.05) is 49.4 Å². The largest absolute Gasteiger partial charge is 0.349 e. The highest BCUT2D eigenvalue weighted by Gasteiger charge is 2.16. The van der Waals surface area contributed by atoms with Crippen molar-refractivity contribution in [1.82, 2.24) is 9.36 Å². The van der Waals surface area contributed by atoms with Gasteiger partial charge in [0, 0.05) is 18.0 Å². The zero-order valence-electron chi connectivity index (χ0n) is 12.2. The average molecular weight is 313 g/mol. The molecule has 3 nitrogen and oxygen atoms in total. The Bertz CT molecular complexity index is 742. The van der Waals surface area contributed by atoms with Gasteiger partial charge in [-0.2, -0.15) is 4.37 Å². The van der Waals surface area contributed by atoms with Crippen molar-refractivity contribution in [3.05, 3.63) is 77.4 Å². The molecule has 1 unspecified atom stereocenters. The molecule has 0 fully saturated rings. The van der Waals surface area contributed by atoms with Gasteiger partial charge in [0.05, 0.1) is 6.04 Å². The van der Waals surface area contributed by atoms with Crippen LogP contribution in [0.1, 0.15) is 29.9 Å². The highest BCUT2D eigenvalue weighted by Crippen LogP contribution is 2.27. The zero-order valence-corrected chi connectivity index (χ0v) is 13.0. The molecule has 0 spiro atoms. The number of nitrogens with zero attached hydrogens (tertiary/aromatic N) is 2. The molecule has 0 aliphatic carbocycles. The fraction of sp³-hybridized carbons (Fsp3) is 0.176. The monoisotopic (exact) mass is 313 g/mol. The van der Waals surface area contributed by atoms with E-state index in [9.17, 15) is 4.39 Å². The number of hydrogen-bond donors (Lipinski definition) is 1. The minimum atomic E-state index is -0.244. The Labute approximate surface area is 133 Å². The lowest BCUT2D eigenvalue weighted by Gasteiger charge is -2.19. The molecule has 0 radical (unpaired) electrons. The highest BCUT2D eigenvalue weighted by molar-refractivity contribution is 7.09. The summed E-state index contributed by atoms with van der Waals surface area (Å²) in [6, 6.07) is 16.4. The number of rotatable bonds is 5. The summed E-state index contributed by atoms with van der Waals surface area (Å²) < 4.78 is 17.9. The van der Waals surface area contributed by atoms with Crippen LogP contribution in [0.15, 0.2) is 54.6 Å². The standard InChI is InChI=1S/C17H16FN3S/c1-2-15-19-17(22-21-15)20-16(12-7-4-3-5-8-12)13-9-6-10-14(18)11-13/h3-11,16H,2H2,1H3,(H,19,20,21). The number of hydrogen-bond acceptors (Lipinski definition) is 4. The lowest BCUT2D eigenvalue weighted by atomic mass is 9.99. The molecule has 0 saturated carbocycles. The predicted octanol–water partition coefficient (Wildman–Crippen LogP) is 4.44. The molecule has 2 aromatic carbocycles. The van der Waals surface area contributed by atoms with Gasteiger partial charge in [-0.3, -0.25) is 0 Å². The molecule has 0 amide bonds. The molecule has 1 heterocycles. The van der Waals surface area contributed by atoms with E-state index in [2.05, 4.69) is 14.7 Å². The second-order valence-corrected chi connectivity index (χ2v) is 5.66. The molecule has 22 heavy (non-hydrogen) atoms. The lowest BCUT2D eigenvalue weighted by Crippen LogP contribution is -2.12. The van der Waals surface area contributed by atoms with Crippen molar-refractivity contribution in [2.75, 3.05) is 5.32 Å². The third-order valence-corrected chi connectivity index (χ3v) is 4.05. The van der Waals surface area contributed by atoms with Gasteiger partial charge in [-0.05, 0) is 23.3 Å². The molecule has 5 heteroatoms. The third-order valence-electron chi connectivity index (χ3n) is 3.37. The Balaban J connectivity index is 1.96. The molecule has 3 rings (SSSR count). The number of nitrogens with one attached hydrogen (secondary N) is 1. The van der Waals surface area contributed by atoms with Gasteiger partial charge in [0.1, 0.15) is 11.6 Å². The van der Waals surface area contributed by atoms with Crippen LogP contribution in [0.3, 0.4) is 0 Å². The number of anilines is 1. The topological polar surface area (TPSA) is 37.8 Å². The van der Waals surface area contributed by atoms with Crippen LogP contribution in [0.2, 0.25) is 0 Å². The molecular weight excluding hydrogens is 297 g/mol. The third kappa shape index (κ3) is 3.31. The van der Waals surface area contributed by atoms with Gasteiger partial charge >= 0.3 is 0 Å². The number of aryl methyl sites for hydroxylation is 1. The van der Waals surface area contributed by atoms with E-state index in [4.69, 9.17) is 0 Å². The molecule has 112 valence electrons. The maximum atomic E-state index is 13.6. The molecule has 1 atom stereocenters. The zero-order chi connectivity index (χ0) is 15.4. The second kappa shape index (κ2) is 6.66. The first kappa shape index (κ1) is 14.7. The molecule has 1 aromatic heterocycles. The molecule has 0 aliphatic heterocycles. The van der Waals surface area contributed by atoms with E-state index >= 15 is 0 Å². The minimum absolute atomic E-state index is 0.158. The first-order chi connectivity index (χ1) is 10.8. The second-order valence-electron chi connectivity index (χ2n) is 4.91. The van der Waals surface area contributed by atoms with Crippen molar-refractivity contribution in [1.29, 1.82) is 0 Å². The van der Waals surface area contributed by atoms with Crippen molar-refractivity contribution in [3.8, 4) is 0 Å². The molecule has 3 aromatic rings. The summed E-state index contributed by atoms with van der Waals surface area (Å²) in [4.78, 5) is 4.44. The quantitative estimate of drug-likeness (QED) is 0.756. The summed E-state index contributed by atoms with van der Waals surface area (Å²) in [5.41, 5.74) is 1.92. The summed E-state index contributed by atoms with van der Waals surface area (Å²) in [6.45, 7) is 2.02. The van der Waals surface area contributed by atoms with E-state index in [1.807, 2.05) is 43.3 Å². The summed E-state index contributed by atoms with van der Waals surface area (Å²) in [5, 5.41) is 4.12. The summed E-state index contributed by atoms with van der Waals surface area (Å²) in [7, 11) is 0. The molecular formula is C17H16FN3S. The average Bonchev–Trinajstić information content (AvgIpc) is 3.01. The van der Waals surface area contributed by atoms with E-state index in [-0.39, 0.29) is 11.9 Å². The maximum absolute atomic E-state index is 13.6. The lowest BCUT2D eigenvalue weighted by molar-refractivity contribution is 0.624. The van der Waals surface area contributed by atoms with Crippen LogP contribution in [-0.2, 0) is 6.42 Å². The van der Waals surface area contributed by atoms with E-state index in [0.717, 1.165) is 28.5 Å². The normalized spacial score (nSPS) is 12.1. The van der Waals surface area contributed by atoms with Gasteiger partial charge in [0.2, 0.25) is 5.13 Å². The van der Waals surface area contributed by atoms with Gasteiger partial charge in [-0.15, -0.1) is 0 Å². The van der Waals surface area contributed by atoms with Crippen LogP contribution < -0.4 is 5.32 Å². The molecule has 0 aliphatic rings. The van der Waals surface area contributed by atoms with Crippen molar-refractivity contribution < 1.29 is 4.39 Å². The van der Waals surface area contributed by atoms with E-state index in [1.165, 1.54) is 17.6 Å². The Morgan fingerprint density at radius 2 is 1.86 bits per heavy atom. The highest BCUT2D eigenvalue weighted by atomic mass is 32.1. The van der Waals surface area contributed by atoms with Crippen molar-refractivity contribution >= 4 is 16.7 Å². The smallest absolute Gasteiger partial charge is 0.203 e. The number of benzene rings is 2. The molecule has 0 saturated heterocycles. The minimum Gasteiger partial charge on any atom is -0.349 e. The SMILES string of the molecule is CCc1nsc(NC(c2ccccc2)c2cccc(F)c2)n1. The fourth-order valence-corrected chi connectivity index (χ4v) is 2.95. The number of aromatic nitrogens is 2.